The SMILES string of the molecule is CCC(=O)OC(C(=O)O)C(=O)OC1CC[C@@]2(C)C(=CCC3C2CC[C@@]2(C)C3CC[C@@H]2[C@H](C)CCCC(C)C)C1. The molecule has 220 valence electrons. The lowest BCUT2D eigenvalue weighted by Crippen LogP contribution is -2.51. The van der Waals surface area contributed by atoms with Crippen molar-refractivity contribution < 1.29 is 29.0 Å². The van der Waals surface area contributed by atoms with Crippen LogP contribution in [0.1, 0.15) is 119 Å². The van der Waals surface area contributed by atoms with E-state index in [0.717, 1.165) is 42.4 Å². The molecular formula is C33H52O6. The topological polar surface area (TPSA) is 89.9 Å². The maximum atomic E-state index is 12.6. The summed E-state index contributed by atoms with van der Waals surface area (Å²) in [5.41, 5.74) is 1.95. The summed E-state index contributed by atoms with van der Waals surface area (Å²) in [5.74, 6) is 1.44. The molecule has 0 spiro atoms. The predicted molar refractivity (Wildman–Crippen MR) is 151 cm³/mol. The summed E-state index contributed by atoms with van der Waals surface area (Å²) in [5, 5.41) is 9.40. The quantitative estimate of drug-likeness (QED) is 0.176. The molecule has 0 bridgehead atoms. The van der Waals surface area contributed by atoms with Crippen LogP contribution in [-0.2, 0) is 23.9 Å². The van der Waals surface area contributed by atoms with Gasteiger partial charge in [-0.05, 0) is 91.3 Å². The molecule has 0 radical (unpaired) electrons. The minimum atomic E-state index is -1.89. The third-order valence-electron chi connectivity index (χ3n) is 11.5. The second-order valence-corrected chi connectivity index (χ2v) is 14.2. The van der Waals surface area contributed by atoms with Crippen LogP contribution in [0, 0.1) is 46.3 Å². The number of esters is 2. The van der Waals surface area contributed by atoms with E-state index < -0.39 is 24.0 Å². The summed E-state index contributed by atoms with van der Waals surface area (Å²) in [7, 11) is 0. The van der Waals surface area contributed by atoms with Gasteiger partial charge in [0, 0.05) is 12.8 Å². The van der Waals surface area contributed by atoms with Gasteiger partial charge in [0.1, 0.15) is 6.10 Å². The van der Waals surface area contributed by atoms with Gasteiger partial charge in [0.25, 0.3) is 6.10 Å². The van der Waals surface area contributed by atoms with E-state index in [1.165, 1.54) is 50.5 Å². The Morgan fingerprint density at radius 1 is 1.03 bits per heavy atom. The lowest BCUT2D eigenvalue weighted by atomic mass is 9.47. The van der Waals surface area contributed by atoms with Gasteiger partial charge in [-0.2, -0.15) is 0 Å². The van der Waals surface area contributed by atoms with Crippen LogP contribution in [0.3, 0.4) is 0 Å². The van der Waals surface area contributed by atoms with Gasteiger partial charge in [0.2, 0.25) is 0 Å². The van der Waals surface area contributed by atoms with Gasteiger partial charge in [0.15, 0.2) is 0 Å². The summed E-state index contributed by atoms with van der Waals surface area (Å²) >= 11 is 0. The molecule has 0 heterocycles. The fourth-order valence-electron chi connectivity index (χ4n) is 9.39. The van der Waals surface area contributed by atoms with Crippen LogP contribution in [0.25, 0.3) is 0 Å². The number of rotatable bonds is 10. The highest BCUT2D eigenvalue weighted by atomic mass is 16.6. The molecule has 3 saturated carbocycles. The maximum absolute atomic E-state index is 12.6. The average Bonchev–Trinajstić information content (AvgIpc) is 3.24. The molecule has 0 aromatic rings. The van der Waals surface area contributed by atoms with E-state index in [-0.39, 0.29) is 17.9 Å². The molecule has 0 aromatic heterocycles. The minimum absolute atomic E-state index is 0.00607. The van der Waals surface area contributed by atoms with E-state index in [1.807, 2.05) is 0 Å². The second-order valence-electron chi connectivity index (χ2n) is 14.2. The van der Waals surface area contributed by atoms with E-state index in [9.17, 15) is 19.5 Å². The zero-order valence-corrected chi connectivity index (χ0v) is 25.2. The average molecular weight is 545 g/mol. The van der Waals surface area contributed by atoms with Crippen LogP contribution in [0.5, 0.6) is 0 Å². The first-order chi connectivity index (χ1) is 18.4. The smallest absolute Gasteiger partial charge is 0.359 e. The first-order valence-electron chi connectivity index (χ1n) is 15.7. The number of hydrogen-bond donors (Lipinski definition) is 1. The van der Waals surface area contributed by atoms with Crippen LogP contribution < -0.4 is 0 Å². The van der Waals surface area contributed by atoms with Gasteiger partial charge in [-0.1, -0.05) is 72.5 Å². The van der Waals surface area contributed by atoms with Crippen molar-refractivity contribution in [3.05, 3.63) is 11.6 Å². The lowest BCUT2D eigenvalue weighted by molar-refractivity contribution is -0.181. The Labute approximate surface area is 235 Å². The van der Waals surface area contributed by atoms with Gasteiger partial charge >= 0.3 is 17.9 Å². The van der Waals surface area contributed by atoms with Crippen LogP contribution in [0.2, 0.25) is 0 Å². The molecule has 0 amide bonds. The van der Waals surface area contributed by atoms with Crippen molar-refractivity contribution in [2.45, 2.75) is 131 Å². The van der Waals surface area contributed by atoms with E-state index >= 15 is 0 Å². The Bertz CT molecular complexity index is 954. The van der Waals surface area contributed by atoms with Gasteiger partial charge in [0.05, 0.1) is 0 Å². The number of hydrogen-bond acceptors (Lipinski definition) is 5. The fourth-order valence-corrected chi connectivity index (χ4v) is 9.39. The zero-order valence-electron chi connectivity index (χ0n) is 25.2. The van der Waals surface area contributed by atoms with Crippen molar-refractivity contribution in [2.24, 2.45) is 46.3 Å². The molecule has 1 N–H and O–H groups in total. The number of carboxylic acids is 1. The number of aliphatic carboxylic acids is 1. The number of carbonyl (C=O) groups excluding carboxylic acids is 2. The standard InChI is InChI=1S/C33H52O6/c1-7-28(34)39-29(30(35)36)31(37)38-23-15-17-32(5)22(19-23)11-12-24-26-14-13-25(21(4)10-8-9-20(2)3)33(26,6)18-16-27(24)32/h11,20-21,23-27,29H,7-10,12-19H2,1-6H3,(H,35,36)/t21-,23?,24?,25-,26?,27?,29?,32+,33-/m1/s1. The Hall–Kier alpha value is -1.85. The molecular weight excluding hydrogens is 492 g/mol. The molecule has 6 nitrogen and oxygen atoms in total. The van der Waals surface area contributed by atoms with Crippen LogP contribution in [0.4, 0.5) is 0 Å². The second kappa shape index (κ2) is 11.9. The van der Waals surface area contributed by atoms with Crippen molar-refractivity contribution in [3.63, 3.8) is 0 Å². The lowest BCUT2D eigenvalue weighted by Gasteiger charge is -2.58. The Morgan fingerprint density at radius 2 is 1.77 bits per heavy atom. The normalized spacial score (nSPS) is 37.1. The third kappa shape index (κ3) is 5.95. The summed E-state index contributed by atoms with van der Waals surface area (Å²) in [6, 6.07) is 0. The molecule has 4 aliphatic carbocycles. The van der Waals surface area contributed by atoms with Gasteiger partial charge in [-0.25, -0.2) is 9.59 Å². The fraction of sp³-hybridized carbons (Fsp3) is 0.848. The Balaban J connectivity index is 1.41. The first kappa shape index (κ1) is 30.1. The number of carbonyl (C=O) groups is 3. The minimum Gasteiger partial charge on any atom is -0.478 e. The number of fused-ring (bicyclic) bond motifs is 5. The maximum Gasteiger partial charge on any atom is 0.359 e. The molecule has 0 aromatic carbocycles. The van der Waals surface area contributed by atoms with E-state index in [2.05, 4.69) is 40.7 Å². The van der Waals surface area contributed by atoms with Crippen molar-refractivity contribution >= 4 is 17.9 Å². The summed E-state index contributed by atoms with van der Waals surface area (Å²) in [6.45, 7) is 13.8. The number of ether oxygens (including phenoxy) is 2. The highest BCUT2D eigenvalue weighted by Gasteiger charge is 2.59. The first-order valence-corrected chi connectivity index (χ1v) is 15.7. The van der Waals surface area contributed by atoms with Crippen molar-refractivity contribution in [2.75, 3.05) is 0 Å². The third-order valence-corrected chi connectivity index (χ3v) is 11.5. The summed E-state index contributed by atoms with van der Waals surface area (Å²) < 4.78 is 10.5. The molecule has 4 aliphatic rings. The van der Waals surface area contributed by atoms with E-state index in [0.29, 0.717) is 24.2 Å². The van der Waals surface area contributed by atoms with E-state index in [4.69, 9.17) is 9.47 Å². The Kier molecular flexibility index (Phi) is 9.22. The monoisotopic (exact) mass is 544 g/mol. The number of carboxylic acid groups (broad SMARTS) is 1. The van der Waals surface area contributed by atoms with Gasteiger partial charge in [-0.3, -0.25) is 4.79 Å². The molecule has 0 saturated heterocycles. The molecule has 4 rings (SSSR count). The van der Waals surface area contributed by atoms with E-state index in [1.54, 1.807) is 6.92 Å². The largest absolute Gasteiger partial charge is 0.478 e. The molecule has 39 heavy (non-hydrogen) atoms. The molecule has 5 unspecified atom stereocenters. The van der Waals surface area contributed by atoms with Crippen LogP contribution in [0.15, 0.2) is 11.6 Å². The van der Waals surface area contributed by atoms with Crippen molar-refractivity contribution in [1.29, 1.82) is 0 Å². The summed E-state index contributed by atoms with van der Waals surface area (Å²) in [4.78, 5) is 35.8. The highest BCUT2D eigenvalue weighted by molar-refractivity contribution is 5.98. The number of allylic oxidation sites excluding steroid dienone is 1. The Morgan fingerprint density at radius 3 is 2.44 bits per heavy atom. The van der Waals surface area contributed by atoms with Crippen molar-refractivity contribution in [3.8, 4) is 0 Å². The molecule has 0 aliphatic heterocycles. The van der Waals surface area contributed by atoms with Crippen LogP contribution >= 0.6 is 0 Å². The molecule has 6 heteroatoms. The zero-order chi connectivity index (χ0) is 28.5. The molecule has 9 atom stereocenters. The van der Waals surface area contributed by atoms with Crippen molar-refractivity contribution in [1.82, 2.24) is 0 Å². The van der Waals surface area contributed by atoms with Gasteiger partial charge < -0.3 is 14.6 Å². The van der Waals surface area contributed by atoms with Crippen LogP contribution in [-0.4, -0.2) is 35.2 Å². The molecule has 3 fully saturated rings. The predicted octanol–water partition coefficient (Wildman–Crippen LogP) is 7.35. The summed E-state index contributed by atoms with van der Waals surface area (Å²) in [6.07, 6.45) is 13.0. The van der Waals surface area contributed by atoms with Gasteiger partial charge in [-0.15, -0.1) is 0 Å². The highest BCUT2D eigenvalue weighted by Crippen LogP contribution is 2.67.